The molecule has 2 amide bonds. The highest BCUT2D eigenvalue weighted by Crippen LogP contribution is 2.24. The lowest BCUT2D eigenvalue weighted by Crippen LogP contribution is -2.44. The topological polar surface area (TPSA) is 49.4 Å². The van der Waals surface area contributed by atoms with Crippen molar-refractivity contribution in [2.45, 2.75) is 6.04 Å². The highest BCUT2D eigenvalue weighted by Gasteiger charge is 2.35. The highest BCUT2D eigenvalue weighted by molar-refractivity contribution is 7.99. The molecule has 3 rings (SSSR count). The van der Waals surface area contributed by atoms with E-state index in [0.717, 1.165) is 0 Å². The largest absolute Gasteiger partial charge is 0.322 e. The van der Waals surface area contributed by atoms with Crippen LogP contribution in [0.1, 0.15) is 10.4 Å². The van der Waals surface area contributed by atoms with Gasteiger partial charge in [-0.1, -0.05) is 30.3 Å². The van der Waals surface area contributed by atoms with E-state index < -0.39 is 11.9 Å². The van der Waals surface area contributed by atoms with E-state index in [-0.39, 0.29) is 17.5 Å². The number of halogens is 1. The average Bonchev–Trinajstić information content (AvgIpc) is 3.07. The summed E-state index contributed by atoms with van der Waals surface area (Å²) in [5, 5.41) is 2.57. The first-order valence-corrected chi connectivity index (χ1v) is 8.31. The first-order chi connectivity index (χ1) is 11.2. The smallest absolute Gasteiger partial charge is 0.255 e. The van der Waals surface area contributed by atoms with Crippen molar-refractivity contribution in [3.8, 4) is 0 Å². The lowest BCUT2D eigenvalue weighted by Gasteiger charge is -2.23. The van der Waals surface area contributed by atoms with Crippen LogP contribution in [0.2, 0.25) is 0 Å². The minimum absolute atomic E-state index is 0.126. The van der Waals surface area contributed by atoms with Crippen molar-refractivity contribution in [2.75, 3.05) is 16.9 Å². The molecule has 1 atom stereocenters. The van der Waals surface area contributed by atoms with Crippen LogP contribution in [0, 0.1) is 5.82 Å². The molecule has 1 fully saturated rings. The van der Waals surface area contributed by atoms with Crippen LogP contribution in [0.5, 0.6) is 0 Å². The summed E-state index contributed by atoms with van der Waals surface area (Å²) in [5.74, 6) is -0.108. The molecule has 4 nitrogen and oxygen atoms in total. The van der Waals surface area contributed by atoms with E-state index in [4.69, 9.17) is 0 Å². The highest BCUT2D eigenvalue weighted by atomic mass is 32.2. The maximum atomic E-state index is 13.7. The molecule has 2 aromatic carbocycles. The zero-order valence-electron chi connectivity index (χ0n) is 12.2. The fourth-order valence-electron chi connectivity index (χ4n) is 2.39. The third-order valence-electron chi connectivity index (χ3n) is 3.60. The van der Waals surface area contributed by atoms with Gasteiger partial charge in [0.2, 0.25) is 5.91 Å². The summed E-state index contributed by atoms with van der Waals surface area (Å²) >= 11 is 1.51. The molecule has 1 aliphatic heterocycles. The minimum atomic E-state index is -0.604. The van der Waals surface area contributed by atoms with Gasteiger partial charge in [0.15, 0.2) is 0 Å². The maximum absolute atomic E-state index is 13.7. The maximum Gasteiger partial charge on any atom is 0.255 e. The van der Waals surface area contributed by atoms with Gasteiger partial charge in [0.05, 0.1) is 11.6 Å². The van der Waals surface area contributed by atoms with Crippen molar-refractivity contribution < 1.29 is 14.0 Å². The number of hydrogen-bond donors (Lipinski definition) is 1. The number of anilines is 1. The van der Waals surface area contributed by atoms with E-state index in [1.54, 1.807) is 36.4 Å². The van der Waals surface area contributed by atoms with Gasteiger partial charge in [-0.15, -0.1) is 11.8 Å². The number of carbonyl (C=O) groups excluding carboxylic acids is 2. The van der Waals surface area contributed by atoms with Gasteiger partial charge in [-0.05, 0) is 24.3 Å². The number of para-hydroxylation sites is 1. The number of nitrogens with zero attached hydrogens (tertiary/aromatic N) is 1. The monoisotopic (exact) mass is 330 g/mol. The number of hydrogen-bond acceptors (Lipinski definition) is 3. The normalized spacial score (nSPS) is 17.1. The van der Waals surface area contributed by atoms with E-state index in [1.165, 1.54) is 28.8 Å². The minimum Gasteiger partial charge on any atom is -0.322 e. The third-order valence-corrected chi connectivity index (χ3v) is 4.61. The second-order valence-corrected chi connectivity index (χ2v) is 6.13. The molecule has 1 aliphatic rings. The molecule has 0 spiro atoms. The van der Waals surface area contributed by atoms with E-state index in [9.17, 15) is 14.0 Å². The molecular weight excluding hydrogens is 315 g/mol. The lowest BCUT2D eigenvalue weighted by molar-refractivity contribution is -0.119. The average molecular weight is 330 g/mol. The molecule has 1 heterocycles. The molecule has 118 valence electrons. The van der Waals surface area contributed by atoms with Gasteiger partial charge in [-0.25, -0.2) is 4.39 Å². The molecular formula is C17H15FN2O2S. The number of nitrogens with one attached hydrogen (secondary N) is 1. The molecule has 23 heavy (non-hydrogen) atoms. The molecule has 2 aromatic rings. The summed E-state index contributed by atoms with van der Waals surface area (Å²) in [5.41, 5.74) is 0.667. The van der Waals surface area contributed by atoms with E-state index >= 15 is 0 Å². The molecule has 0 aliphatic carbocycles. The molecule has 1 N–H and O–H groups in total. The molecule has 0 aromatic heterocycles. The number of amides is 2. The van der Waals surface area contributed by atoms with Crippen LogP contribution >= 0.6 is 11.8 Å². The fraction of sp³-hybridized carbons (Fsp3) is 0.176. The second-order valence-electron chi connectivity index (χ2n) is 5.13. The van der Waals surface area contributed by atoms with Crippen LogP contribution in [0.15, 0.2) is 54.6 Å². The Kier molecular flexibility index (Phi) is 4.62. The van der Waals surface area contributed by atoms with E-state index in [1.807, 2.05) is 6.07 Å². The van der Waals surface area contributed by atoms with Crippen molar-refractivity contribution in [1.29, 1.82) is 0 Å². The number of carbonyl (C=O) groups is 2. The molecule has 0 bridgehead atoms. The summed E-state index contributed by atoms with van der Waals surface area (Å²) in [6.45, 7) is 0. The molecule has 1 saturated heterocycles. The van der Waals surface area contributed by atoms with Crippen LogP contribution in [0.4, 0.5) is 10.1 Å². The first kappa shape index (κ1) is 15.6. The van der Waals surface area contributed by atoms with Gasteiger partial charge in [-0.2, -0.15) is 0 Å². The SMILES string of the molecule is O=C(Nc1ccccc1F)C1CSCN1C(=O)c1ccccc1. The van der Waals surface area contributed by atoms with Crippen LogP contribution in [0.3, 0.4) is 0 Å². The summed E-state index contributed by atoms with van der Waals surface area (Å²) in [6, 6.07) is 14.2. The van der Waals surface area contributed by atoms with Gasteiger partial charge in [0, 0.05) is 11.3 Å². The molecule has 1 unspecified atom stereocenters. The molecule has 0 radical (unpaired) electrons. The fourth-order valence-corrected chi connectivity index (χ4v) is 3.54. The Morgan fingerprint density at radius 2 is 1.78 bits per heavy atom. The zero-order chi connectivity index (χ0) is 16.2. The van der Waals surface area contributed by atoms with Gasteiger partial charge < -0.3 is 10.2 Å². The van der Waals surface area contributed by atoms with E-state index in [2.05, 4.69) is 5.32 Å². The Morgan fingerprint density at radius 3 is 2.52 bits per heavy atom. The van der Waals surface area contributed by atoms with Gasteiger partial charge >= 0.3 is 0 Å². The lowest BCUT2D eigenvalue weighted by atomic mass is 10.1. The Bertz CT molecular complexity index is 724. The van der Waals surface area contributed by atoms with Crippen molar-refractivity contribution in [3.63, 3.8) is 0 Å². The van der Waals surface area contributed by atoms with Gasteiger partial charge in [-0.3, -0.25) is 9.59 Å². The first-order valence-electron chi connectivity index (χ1n) is 7.16. The second kappa shape index (κ2) is 6.83. The van der Waals surface area contributed by atoms with Crippen molar-refractivity contribution >= 4 is 29.3 Å². The molecule has 6 heteroatoms. The number of rotatable bonds is 3. The van der Waals surface area contributed by atoms with Crippen LogP contribution in [0.25, 0.3) is 0 Å². The predicted molar refractivity (Wildman–Crippen MR) is 88.8 cm³/mol. The van der Waals surface area contributed by atoms with Crippen LogP contribution in [-0.2, 0) is 4.79 Å². The van der Waals surface area contributed by atoms with Crippen molar-refractivity contribution in [2.24, 2.45) is 0 Å². The standard InChI is InChI=1S/C17H15FN2O2S/c18-13-8-4-5-9-14(13)19-16(21)15-10-23-11-20(15)17(22)12-6-2-1-3-7-12/h1-9,15H,10-11H2,(H,19,21). The zero-order valence-corrected chi connectivity index (χ0v) is 13.1. The number of thioether (sulfide) groups is 1. The number of benzene rings is 2. The summed E-state index contributed by atoms with van der Waals surface area (Å²) < 4.78 is 13.7. The Morgan fingerprint density at radius 1 is 1.09 bits per heavy atom. The van der Waals surface area contributed by atoms with Crippen molar-refractivity contribution in [3.05, 3.63) is 66.0 Å². The van der Waals surface area contributed by atoms with Gasteiger partial charge in [0.25, 0.3) is 5.91 Å². The van der Waals surface area contributed by atoms with Crippen LogP contribution in [-0.4, -0.2) is 34.4 Å². The van der Waals surface area contributed by atoms with Crippen molar-refractivity contribution in [1.82, 2.24) is 4.90 Å². The molecule has 0 saturated carbocycles. The summed E-state index contributed by atoms with van der Waals surface area (Å²) in [7, 11) is 0. The Labute approximate surface area is 137 Å². The van der Waals surface area contributed by atoms with Crippen LogP contribution < -0.4 is 5.32 Å². The third kappa shape index (κ3) is 3.37. The Hall–Kier alpha value is -2.34. The van der Waals surface area contributed by atoms with E-state index in [0.29, 0.717) is 17.2 Å². The quantitative estimate of drug-likeness (QED) is 0.941. The summed E-state index contributed by atoms with van der Waals surface area (Å²) in [6.07, 6.45) is 0. The Balaban J connectivity index is 1.75. The predicted octanol–water partition coefficient (Wildman–Crippen LogP) is 2.98. The summed E-state index contributed by atoms with van der Waals surface area (Å²) in [4.78, 5) is 26.5. The van der Waals surface area contributed by atoms with Gasteiger partial charge in [0.1, 0.15) is 11.9 Å².